The molecule has 2 aromatic rings. The molecule has 0 saturated heterocycles. The lowest BCUT2D eigenvalue weighted by Crippen LogP contribution is -2.07. The minimum absolute atomic E-state index is 0.131. The fourth-order valence-corrected chi connectivity index (χ4v) is 3.33. The van der Waals surface area contributed by atoms with E-state index in [4.69, 9.17) is 33.2 Å². The minimum atomic E-state index is -4.80. The molecule has 0 radical (unpaired) electrons. The molecule has 29 heavy (non-hydrogen) atoms. The number of benzene rings is 1. The van der Waals surface area contributed by atoms with Gasteiger partial charge in [0.1, 0.15) is 11.8 Å². The molecule has 0 atom stereocenters. The number of aliphatic imine (C=N–C) groups is 1. The Kier molecular flexibility index (Phi) is 6.97. The van der Waals surface area contributed by atoms with Gasteiger partial charge in [0.25, 0.3) is 0 Å². The zero-order valence-electron chi connectivity index (χ0n) is 14.1. The quantitative estimate of drug-likeness (QED) is 0.217. The Morgan fingerprint density at radius 2 is 1.83 bits per heavy atom. The largest absolute Gasteiger partial charge is 0.483 e. The normalized spacial score (nSPS) is 12.4. The second-order valence-corrected chi connectivity index (χ2v) is 6.94. The molecule has 14 heteroatoms. The van der Waals surface area contributed by atoms with E-state index in [2.05, 4.69) is 10.1 Å². The average Bonchev–Trinajstić information content (AvgIpc) is 2.89. The molecule has 5 nitrogen and oxygen atoms in total. The van der Waals surface area contributed by atoms with Gasteiger partial charge in [-0.15, -0.1) is 0 Å². The minimum Gasteiger partial charge on any atom is -0.483 e. The Balaban J connectivity index is 2.77. The lowest BCUT2D eigenvalue weighted by atomic mass is 10.2. The summed E-state index contributed by atoms with van der Waals surface area (Å²) in [6, 6.07) is 2.54. The van der Waals surface area contributed by atoms with E-state index in [0.29, 0.717) is 16.8 Å². The number of nitrogens with zero attached hydrogens (tertiary/aromatic N) is 4. The Hall–Kier alpha value is -2.10. The average molecular weight is 477 g/mol. The van der Waals surface area contributed by atoms with E-state index in [9.17, 15) is 26.3 Å². The fraction of sp³-hybridized carbons (Fsp3) is 0.267. The van der Waals surface area contributed by atoms with E-state index < -0.39 is 55.5 Å². The molecule has 156 valence electrons. The van der Waals surface area contributed by atoms with Gasteiger partial charge in [-0.2, -0.15) is 41.7 Å². The van der Waals surface area contributed by atoms with Gasteiger partial charge < -0.3 is 4.74 Å². The summed E-state index contributed by atoms with van der Waals surface area (Å²) in [5.74, 6) is -0.541. The molecule has 0 fully saturated rings. The van der Waals surface area contributed by atoms with Gasteiger partial charge in [0, 0.05) is 0 Å². The fourth-order valence-electron chi connectivity index (χ4n) is 2.04. The van der Waals surface area contributed by atoms with Gasteiger partial charge in [-0.05, 0) is 30.8 Å². The lowest BCUT2D eigenvalue weighted by Gasteiger charge is -2.13. The van der Waals surface area contributed by atoms with Crippen molar-refractivity contribution in [2.45, 2.75) is 23.5 Å². The van der Waals surface area contributed by atoms with E-state index in [-0.39, 0.29) is 12.3 Å². The molecule has 2 rings (SSSR count). The molecule has 0 unspecified atom stereocenters. The number of ether oxygens (including phenoxy) is 1. The van der Waals surface area contributed by atoms with Crippen LogP contribution in [0.15, 0.2) is 22.0 Å². The number of thioether (sulfide) groups is 1. The predicted octanol–water partition coefficient (Wildman–Crippen LogP) is 6.38. The van der Waals surface area contributed by atoms with Crippen LogP contribution in [0, 0.1) is 11.3 Å². The number of nitriles is 1. The molecule has 0 amide bonds. The first-order chi connectivity index (χ1) is 13.4. The highest BCUT2D eigenvalue weighted by atomic mass is 35.5. The maximum absolute atomic E-state index is 12.9. The van der Waals surface area contributed by atoms with Crippen molar-refractivity contribution in [1.29, 1.82) is 5.26 Å². The molecule has 1 aromatic heterocycles. The van der Waals surface area contributed by atoms with E-state index >= 15 is 0 Å². The lowest BCUT2D eigenvalue weighted by molar-refractivity contribution is -0.137. The van der Waals surface area contributed by atoms with Gasteiger partial charge in [-0.25, -0.2) is 4.68 Å². The molecule has 0 saturated carbocycles. The topological polar surface area (TPSA) is 63.2 Å². The van der Waals surface area contributed by atoms with Crippen LogP contribution < -0.4 is 0 Å². The second kappa shape index (κ2) is 8.73. The molecule has 0 aliphatic carbocycles. The van der Waals surface area contributed by atoms with Crippen molar-refractivity contribution < 1.29 is 31.1 Å². The molecule has 1 aromatic carbocycles. The zero-order chi connectivity index (χ0) is 22.0. The van der Waals surface area contributed by atoms with Gasteiger partial charge in [-0.1, -0.05) is 23.2 Å². The van der Waals surface area contributed by atoms with Crippen LogP contribution in [0.5, 0.6) is 0 Å². The van der Waals surface area contributed by atoms with Crippen LogP contribution in [0.4, 0.5) is 32.2 Å². The number of hydrogen-bond donors (Lipinski definition) is 0. The molecule has 0 spiro atoms. The summed E-state index contributed by atoms with van der Waals surface area (Å²) in [7, 11) is 0. The van der Waals surface area contributed by atoms with Crippen LogP contribution in [0.25, 0.3) is 5.69 Å². The summed E-state index contributed by atoms with van der Waals surface area (Å²) in [4.78, 5) is 3.03. The first-order valence-electron chi connectivity index (χ1n) is 7.38. The van der Waals surface area contributed by atoms with Crippen molar-refractivity contribution in [3.05, 3.63) is 33.4 Å². The highest BCUT2D eigenvalue weighted by Gasteiger charge is 2.36. The van der Waals surface area contributed by atoms with Gasteiger partial charge in [0.05, 0.1) is 27.1 Å². The van der Waals surface area contributed by atoms with E-state index in [1.54, 1.807) is 6.92 Å². The van der Waals surface area contributed by atoms with Crippen LogP contribution in [-0.4, -0.2) is 28.3 Å². The predicted molar refractivity (Wildman–Crippen MR) is 95.0 cm³/mol. The first-order valence-corrected chi connectivity index (χ1v) is 8.95. The van der Waals surface area contributed by atoms with E-state index in [1.807, 2.05) is 0 Å². The van der Waals surface area contributed by atoms with Gasteiger partial charge >= 0.3 is 11.7 Å². The molecule has 0 aliphatic heterocycles. The van der Waals surface area contributed by atoms with Crippen LogP contribution in [0.2, 0.25) is 10.0 Å². The van der Waals surface area contributed by atoms with Crippen molar-refractivity contribution in [2.24, 2.45) is 4.99 Å². The SMILES string of the molecule is CCOC=Nc1c(SC(F)(F)F)c(C#N)nn1-c1c(Cl)cc(C(F)(F)F)cc1Cl. The molecular formula is C15H8Cl2F6N4OS. The Labute approximate surface area is 173 Å². The third-order valence-corrected chi connectivity index (χ3v) is 4.50. The maximum atomic E-state index is 12.9. The summed E-state index contributed by atoms with van der Waals surface area (Å²) < 4.78 is 83.1. The zero-order valence-corrected chi connectivity index (χ0v) is 16.4. The first kappa shape index (κ1) is 23.2. The summed E-state index contributed by atoms with van der Waals surface area (Å²) in [6.07, 6.45) is -3.96. The van der Waals surface area contributed by atoms with Crippen LogP contribution in [-0.2, 0) is 10.9 Å². The van der Waals surface area contributed by atoms with Crippen LogP contribution in [0.1, 0.15) is 18.2 Å². The maximum Gasteiger partial charge on any atom is 0.446 e. The summed E-state index contributed by atoms with van der Waals surface area (Å²) in [6.45, 7) is 1.71. The standard InChI is InChI=1S/C15H8Cl2F6N4OS/c1-2-28-6-25-13-12(29-15(21,22)23)10(5-24)26-27(13)11-8(16)3-7(4-9(11)17)14(18,19)20/h3-4,6H,2H2,1H3. The third-order valence-electron chi connectivity index (χ3n) is 3.11. The number of hydrogen-bond acceptors (Lipinski definition) is 5. The van der Waals surface area contributed by atoms with Gasteiger partial charge in [0.2, 0.25) is 0 Å². The van der Waals surface area contributed by atoms with E-state index in [0.717, 1.165) is 6.40 Å². The number of alkyl halides is 6. The summed E-state index contributed by atoms with van der Waals surface area (Å²) in [5, 5.41) is 11.7. The van der Waals surface area contributed by atoms with Crippen molar-refractivity contribution in [1.82, 2.24) is 9.78 Å². The monoisotopic (exact) mass is 476 g/mol. The molecular weight excluding hydrogens is 469 g/mol. The summed E-state index contributed by atoms with van der Waals surface area (Å²) >= 11 is 11.1. The van der Waals surface area contributed by atoms with Gasteiger partial charge in [0.15, 0.2) is 17.9 Å². The molecule has 0 aliphatic rings. The van der Waals surface area contributed by atoms with Crippen molar-refractivity contribution in [3.63, 3.8) is 0 Å². The molecule has 1 heterocycles. The third kappa shape index (κ3) is 5.49. The Morgan fingerprint density at radius 1 is 1.24 bits per heavy atom. The molecule has 0 N–H and O–H groups in total. The second-order valence-electron chi connectivity index (χ2n) is 5.05. The molecule has 0 bridgehead atoms. The number of halogens is 8. The number of rotatable bonds is 5. The smallest absolute Gasteiger partial charge is 0.446 e. The number of aromatic nitrogens is 2. The Bertz CT molecular complexity index is 958. The highest BCUT2D eigenvalue weighted by molar-refractivity contribution is 8.00. The van der Waals surface area contributed by atoms with Crippen LogP contribution in [0.3, 0.4) is 0 Å². The van der Waals surface area contributed by atoms with E-state index in [1.165, 1.54) is 6.07 Å². The summed E-state index contributed by atoms with van der Waals surface area (Å²) in [5.41, 5.74) is -7.03. The Morgan fingerprint density at radius 3 is 2.28 bits per heavy atom. The van der Waals surface area contributed by atoms with Gasteiger partial charge in [-0.3, -0.25) is 0 Å². The van der Waals surface area contributed by atoms with Crippen LogP contribution >= 0.6 is 35.0 Å². The highest BCUT2D eigenvalue weighted by Crippen LogP contribution is 2.46. The van der Waals surface area contributed by atoms with Crippen molar-refractivity contribution in [2.75, 3.05) is 6.61 Å². The van der Waals surface area contributed by atoms with Crippen molar-refractivity contribution in [3.8, 4) is 11.8 Å². The van der Waals surface area contributed by atoms with Crippen molar-refractivity contribution >= 4 is 47.2 Å².